The Morgan fingerprint density at radius 1 is 1.50 bits per heavy atom. The van der Waals surface area contributed by atoms with Gasteiger partial charge in [-0.2, -0.15) is 0 Å². The summed E-state index contributed by atoms with van der Waals surface area (Å²) in [5, 5.41) is 3.09. The summed E-state index contributed by atoms with van der Waals surface area (Å²) in [6.45, 7) is 4.13. The van der Waals surface area contributed by atoms with Gasteiger partial charge < -0.3 is 4.74 Å². The third-order valence-electron chi connectivity index (χ3n) is 2.34. The molecule has 0 fully saturated rings. The number of hydrogen-bond donors (Lipinski definition) is 1. The van der Waals surface area contributed by atoms with E-state index in [1.165, 1.54) is 13.2 Å². The molecule has 0 aliphatic rings. The van der Waals surface area contributed by atoms with Gasteiger partial charge in [-0.3, -0.25) is 5.32 Å². The van der Waals surface area contributed by atoms with Crippen LogP contribution in [0.4, 0.5) is 4.39 Å². The molecule has 1 rings (SSSR count). The maximum Gasteiger partial charge on any atom is 0.131 e. The highest BCUT2D eigenvalue weighted by Gasteiger charge is 2.13. The smallest absolute Gasteiger partial charge is 0.131 e. The van der Waals surface area contributed by atoms with Gasteiger partial charge in [0.25, 0.3) is 0 Å². The van der Waals surface area contributed by atoms with Crippen LogP contribution in [0.3, 0.4) is 0 Å². The Morgan fingerprint density at radius 3 is 2.69 bits per heavy atom. The molecule has 86 valence electrons. The second-order valence-corrected chi connectivity index (χ2v) is 4.08. The minimum absolute atomic E-state index is 0.292. The minimum atomic E-state index is -0.438. The minimum Gasteiger partial charge on any atom is -0.497 e. The molecule has 1 aromatic rings. The quantitative estimate of drug-likeness (QED) is 0.788. The highest BCUT2D eigenvalue weighted by molar-refractivity contribution is 5.29. The van der Waals surface area contributed by atoms with Gasteiger partial charge in [0.1, 0.15) is 11.6 Å². The number of hydrogen-bond acceptors (Lipinski definition) is 2. The summed E-state index contributed by atoms with van der Waals surface area (Å²) in [5.74, 6) is 2.81. The lowest BCUT2D eigenvalue weighted by atomic mass is 10.1. The van der Waals surface area contributed by atoms with Crippen molar-refractivity contribution >= 4 is 0 Å². The Hall–Kier alpha value is -1.53. The number of benzene rings is 1. The molecule has 0 saturated heterocycles. The molecule has 0 heterocycles. The summed E-state index contributed by atoms with van der Waals surface area (Å²) in [5.41, 5.74) is 0.135. The highest BCUT2D eigenvalue weighted by Crippen LogP contribution is 2.16. The maximum atomic E-state index is 13.5. The number of halogens is 1. The van der Waals surface area contributed by atoms with Gasteiger partial charge in [-0.25, -0.2) is 4.39 Å². The molecule has 0 amide bonds. The van der Waals surface area contributed by atoms with Gasteiger partial charge in [0.15, 0.2) is 0 Å². The van der Waals surface area contributed by atoms with Crippen LogP contribution in [0.1, 0.15) is 19.4 Å². The normalized spacial score (nSPS) is 10.9. The van der Waals surface area contributed by atoms with Gasteiger partial charge >= 0.3 is 0 Å². The van der Waals surface area contributed by atoms with E-state index in [2.05, 4.69) is 11.2 Å². The van der Waals surface area contributed by atoms with Crippen molar-refractivity contribution in [3.05, 3.63) is 29.6 Å². The van der Waals surface area contributed by atoms with Crippen molar-refractivity contribution in [1.82, 2.24) is 5.32 Å². The second-order valence-electron chi connectivity index (χ2n) is 4.08. The first kappa shape index (κ1) is 12.5. The number of terminal acetylenes is 1. The van der Waals surface area contributed by atoms with Crippen molar-refractivity contribution in [3.63, 3.8) is 0 Å². The fourth-order valence-corrected chi connectivity index (χ4v) is 1.17. The molecule has 0 spiro atoms. The zero-order chi connectivity index (χ0) is 12.2. The number of ether oxygens (including phenoxy) is 1. The maximum absolute atomic E-state index is 13.5. The van der Waals surface area contributed by atoms with Crippen molar-refractivity contribution in [3.8, 4) is 18.1 Å². The van der Waals surface area contributed by atoms with Crippen LogP contribution >= 0.6 is 0 Å². The zero-order valence-corrected chi connectivity index (χ0v) is 9.80. The lowest BCUT2D eigenvalue weighted by molar-refractivity contribution is 0.409. The topological polar surface area (TPSA) is 21.3 Å². The van der Waals surface area contributed by atoms with Gasteiger partial charge in [-0.05, 0) is 19.9 Å². The van der Waals surface area contributed by atoms with E-state index in [1.54, 1.807) is 12.1 Å². The van der Waals surface area contributed by atoms with Crippen LogP contribution in [0.5, 0.6) is 5.75 Å². The SMILES string of the molecule is C#CC(C)(C)NCc1ccc(OC)cc1F. The molecule has 0 aromatic heterocycles. The summed E-state index contributed by atoms with van der Waals surface area (Å²) < 4.78 is 18.5. The molecule has 0 aliphatic heterocycles. The summed E-state index contributed by atoms with van der Waals surface area (Å²) in [6, 6.07) is 4.77. The van der Waals surface area contributed by atoms with Crippen LogP contribution in [-0.2, 0) is 6.54 Å². The fraction of sp³-hybridized carbons (Fsp3) is 0.385. The molecule has 16 heavy (non-hydrogen) atoms. The van der Waals surface area contributed by atoms with Crippen LogP contribution in [0, 0.1) is 18.2 Å². The summed E-state index contributed by atoms with van der Waals surface area (Å²) in [7, 11) is 1.51. The average Bonchev–Trinajstić information content (AvgIpc) is 2.27. The predicted octanol–water partition coefficient (Wildman–Crippen LogP) is 2.34. The Labute approximate surface area is 95.8 Å². The Kier molecular flexibility index (Phi) is 3.92. The third kappa shape index (κ3) is 3.25. The van der Waals surface area contributed by atoms with E-state index >= 15 is 0 Å². The van der Waals surface area contributed by atoms with E-state index in [0.29, 0.717) is 17.9 Å². The third-order valence-corrected chi connectivity index (χ3v) is 2.34. The molecule has 0 unspecified atom stereocenters. The molecule has 2 nitrogen and oxygen atoms in total. The molecule has 0 radical (unpaired) electrons. The van der Waals surface area contributed by atoms with Crippen LogP contribution < -0.4 is 10.1 Å². The lowest BCUT2D eigenvalue weighted by Crippen LogP contribution is -2.37. The second kappa shape index (κ2) is 5.00. The monoisotopic (exact) mass is 221 g/mol. The van der Waals surface area contributed by atoms with Crippen LogP contribution in [0.25, 0.3) is 0 Å². The Bertz CT molecular complexity index is 407. The van der Waals surface area contributed by atoms with Crippen molar-refractivity contribution in [2.75, 3.05) is 7.11 Å². The summed E-state index contributed by atoms with van der Waals surface area (Å²) in [4.78, 5) is 0. The summed E-state index contributed by atoms with van der Waals surface area (Å²) in [6.07, 6.45) is 5.33. The Balaban J connectivity index is 2.73. The standard InChI is InChI=1S/C13H16FNO/c1-5-13(2,3)15-9-10-6-7-11(16-4)8-12(10)14/h1,6-8,15H,9H2,2-4H3. The average molecular weight is 221 g/mol. The molecular formula is C13H16FNO. The van der Waals surface area contributed by atoms with E-state index in [1.807, 2.05) is 13.8 Å². The lowest BCUT2D eigenvalue weighted by Gasteiger charge is -2.19. The number of rotatable bonds is 4. The van der Waals surface area contributed by atoms with Crippen molar-refractivity contribution in [2.45, 2.75) is 25.9 Å². The molecule has 0 saturated carbocycles. The van der Waals surface area contributed by atoms with Crippen LogP contribution in [0.2, 0.25) is 0 Å². The van der Waals surface area contributed by atoms with Crippen molar-refractivity contribution < 1.29 is 9.13 Å². The molecule has 1 aromatic carbocycles. The van der Waals surface area contributed by atoms with Crippen molar-refractivity contribution in [1.29, 1.82) is 0 Å². The van der Waals surface area contributed by atoms with E-state index in [9.17, 15) is 4.39 Å². The first-order valence-electron chi connectivity index (χ1n) is 5.04. The number of methoxy groups -OCH3 is 1. The molecule has 0 aliphatic carbocycles. The molecule has 3 heteroatoms. The molecular weight excluding hydrogens is 205 g/mol. The van der Waals surface area contributed by atoms with Gasteiger partial charge in [0.2, 0.25) is 0 Å². The first-order valence-corrected chi connectivity index (χ1v) is 5.04. The highest BCUT2D eigenvalue weighted by atomic mass is 19.1. The van der Waals surface area contributed by atoms with Gasteiger partial charge in [0, 0.05) is 18.2 Å². The van der Waals surface area contributed by atoms with Crippen LogP contribution in [-0.4, -0.2) is 12.6 Å². The van der Waals surface area contributed by atoms with E-state index in [4.69, 9.17) is 11.2 Å². The van der Waals surface area contributed by atoms with Crippen molar-refractivity contribution in [2.24, 2.45) is 0 Å². The largest absolute Gasteiger partial charge is 0.497 e. The zero-order valence-electron chi connectivity index (χ0n) is 9.80. The van der Waals surface area contributed by atoms with Crippen LogP contribution in [0.15, 0.2) is 18.2 Å². The van der Waals surface area contributed by atoms with E-state index in [-0.39, 0.29) is 5.82 Å². The molecule has 0 atom stereocenters. The van der Waals surface area contributed by atoms with Gasteiger partial charge in [0.05, 0.1) is 12.6 Å². The van der Waals surface area contributed by atoms with Gasteiger partial charge in [-0.1, -0.05) is 12.0 Å². The van der Waals surface area contributed by atoms with E-state index < -0.39 is 5.54 Å². The molecule has 1 N–H and O–H groups in total. The number of nitrogens with one attached hydrogen (secondary N) is 1. The Morgan fingerprint density at radius 2 is 2.19 bits per heavy atom. The summed E-state index contributed by atoms with van der Waals surface area (Å²) >= 11 is 0. The molecule has 0 bridgehead atoms. The first-order chi connectivity index (χ1) is 7.48. The predicted molar refractivity (Wildman–Crippen MR) is 62.7 cm³/mol. The fourth-order valence-electron chi connectivity index (χ4n) is 1.17. The van der Waals surface area contributed by atoms with E-state index in [0.717, 1.165) is 0 Å². The van der Waals surface area contributed by atoms with Gasteiger partial charge in [-0.15, -0.1) is 6.42 Å².